The molecule has 1 N–H and O–H groups in total. The molecule has 1 aliphatic rings. The summed E-state index contributed by atoms with van der Waals surface area (Å²) in [6.45, 7) is 0.588. The van der Waals surface area contributed by atoms with Crippen LogP contribution in [0, 0.1) is 0 Å². The highest BCUT2D eigenvalue weighted by Gasteiger charge is 2.34. The SMILES string of the molecule is Cn1nc(C(=O)O)c2ccc(N3CCC(F)(F)CC3)cc21. The topological polar surface area (TPSA) is 58.4 Å². The first kappa shape index (κ1) is 13.8. The molecule has 0 atom stereocenters. The minimum atomic E-state index is -2.58. The number of aromatic nitrogens is 2. The van der Waals surface area contributed by atoms with Crippen LogP contribution in [-0.2, 0) is 7.05 Å². The third kappa shape index (κ3) is 2.43. The van der Waals surface area contributed by atoms with Crippen LogP contribution in [0.3, 0.4) is 0 Å². The van der Waals surface area contributed by atoms with Crippen molar-refractivity contribution in [1.82, 2.24) is 9.78 Å². The van der Waals surface area contributed by atoms with E-state index in [1.807, 2.05) is 4.90 Å². The lowest BCUT2D eigenvalue weighted by molar-refractivity contribution is -0.0220. The lowest BCUT2D eigenvalue weighted by atomic mass is 10.1. The number of anilines is 1. The highest BCUT2D eigenvalue weighted by Crippen LogP contribution is 2.32. The van der Waals surface area contributed by atoms with E-state index >= 15 is 0 Å². The van der Waals surface area contributed by atoms with E-state index in [2.05, 4.69) is 5.10 Å². The quantitative estimate of drug-likeness (QED) is 0.925. The first-order valence-corrected chi connectivity index (χ1v) is 6.70. The van der Waals surface area contributed by atoms with Crippen LogP contribution in [0.15, 0.2) is 18.2 Å². The molecule has 3 rings (SSSR count). The number of alkyl halides is 2. The molecule has 21 heavy (non-hydrogen) atoms. The number of carbonyl (C=O) groups is 1. The molecule has 1 aromatic heterocycles. The molecule has 0 radical (unpaired) electrons. The smallest absolute Gasteiger partial charge is 0.357 e. The molecule has 112 valence electrons. The summed E-state index contributed by atoms with van der Waals surface area (Å²) in [5.41, 5.74) is 1.50. The number of hydrogen-bond acceptors (Lipinski definition) is 3. The monoisotopic (exact) mass is 295 g/mol. The molecule has 1 saturated heterocycles. The number of hydrogen-bond donors (Lipinski definition) is 1. The van der Waals surface area contributed by atoms with E-state index < -0.39 is 11.9 Å². The number of rotatable bonds is 2. The Hall–Kier alpha value is -2.18. The molecule has 1 aliphatic heterocycles. The summed E-state index contributed by atoms with van der Waals surface area (Å²) in [5.74, 6) is -3.66. The van der Waals surface area contributed by atoms with Crippen molar-refractivity contribution < 1.29 is 18.7 Å². The Bertz CT molecular complexity index is 702. The Kier molecular flexibility index (Phi) is 3.07. The number of aryl methyl sites for hydroxylation is 1. The first-order chi connectivity index (χ1) is 9.87. The first-order valence-electron chi connectivity index (χ1n) is 6.70. The highest BCUT2D eigenvalue weighted by atomic mass is 19.3. The van der Waals surface area contributed by atoms with Gasteiger partial charge in [-0.25, -0.2) is 13.6 Å². The summed E-state index contributed by atoms with van der Waals surface area (Å²) in [5, 5.41) is 13.6. The Morgan fingerprint density at radius 1 is 1.33 bits per heavy atom. The largest absolute Gasteiger partial charge is 0.476 e. The van der Waals surface area contributed by atoms with Crippen molar-refractivity contribution in [2.24, 2.45) is 7.05 Å². The second-order valence-corrected chi connectivity index (χ2v) is 5.32. The van der Waals surface area contributed by atoms with Crippen LogP contribution in [0.4, 0.5) is 14.5 Å². The molecule has 1 fully saturated rings. The van der Waals surface area contributed by atoms with Crippen LogP contribution in [0.25, 0.3) is 10.9 Å². The van der Waals surface area contributed by atoms with Gasteiger partial charge in [-0.15, -0.1) is 0 Å². The molecule has 7 heteroatoms. The molecule has 0 aliphatic carbocycles. The van der Waals surface area contributed by atoms with Gasteiger partial charge in [-0.05, 0) is 18.2 Å². The van der Waals surface area contributed by atoms with Gasteiger partial charge < -0.3 is 10.0 Å². The fourth-order valence-corrected chi connectivity index (χ4v) is 2.69. The molecular weight excluding hydrogens is 280 g/mol. The molecule has 0 unspecified atom stereocenters. The number of nitrogens with zero attached hydrogens (tertiary/aromatic N) is 3. The zero-order valence-corrected chi connectivity index (χ0v) is 11.5. The van der Waals surface area contributed by atoms with E-state index in [0.29, 0.717) is 24.0 Å². The number of piperidine rings is 1. The Morgan fingerprint density at radius 3 is 2.62 bits per heavy atom. The van der Waals surface area contributed by atoms with Crippen LogP contribution in [0.1, 0.15) is 23.3 Å². The number of fused-ring (bicyclic) bond motifs is 1. The van der Waals surface area contributed by atoms with Crippen molar-refractivity contribution in [2.75, 3.05) is 18.0 Å². The maximum atomic E-state index is 13.2. The molecule has 0 bridgehead atoms. The van der Waals surface area contributed by atoms with Gasteiger partial charge in [0, 0.05) is 44.1 Å². The second-order valence-electron chi connectivity index (χ2n) is 5.32. The van der Waals surface area contributed by atoms with E-state index in [1.165, 1.54) is 4.68 Å². The van der Waals surface area contributed by atoms with E-state index in [1.54, 1.807) is 25.2 Å². The van der Waals surface area contributed by atoms with E-state index in [-0.39, 0.29) is 18.5 Å². The normalized spacial score (nSPS) is 18.1. The Balaban J connectivity index is 1.95. The molecule has 2 heterocycles. The summed E-state index contributed by atoms with van der Waals surface area (Å²) < 4.78 is 27.9. The third-order valence-electron chi connectivity index (χ3n) is 3.90. The molecule has 2 aromatic rings. The summed E-state index contributed by atoms with van der Waals surface area (Å²) in [4.78, 5) is 13.0. The summed E-state index contributed by atoms with van der Waals surface area (Å²) in [6.07, 6.45) is -0.312. The van der Waals surface area contributed by atoms with Gasteiger partial charge in [-0.3, -0.25) is 4.68 Å². The van der Waals surface area contributed by atoms with Gasteiger partial charge in [0.25, 0.3) is 5.92 Å². The van der Waals surface area contributed by atoms with E-state index in [0.717, 1.165) is 5.69 Å². The Morgan fingerprint density at radius 2 is 2.00 bits per heavy atom. The standard InChI is InChI=1S/C14H15F2N3O2/c1-18-11-8-9(19-6-4-14(15,16)5-7-19)2-3-10(11)12(17-18)13(20)21/h2-3,8H,4-7H2,1H3,(H,20,21). The van der Waals surface area contributed by atoms with Gasteiger partial charge in [0.15, 0.2) is 5.69 Å². The van der Waals surface area contributed by atoms with E-state index in [4.69, 9.17) is 5.11 Å². The predicted molar refractivity (Wildman–Crippen MR) is 74.1 cm³/mol. The molecular formula is C14H15F2N3O2. The number of carboxylic acid groups (broad SMARTS) is 1. The van der Waals surface area contributed by atoms with Crippen molar-refractivity contribution in [1.29, 1.82) is 0 Å². The molecule has 0 saturated carbocycles. The van der Waals surface area contributed by atoms with Crippen LogP contribution in [-0.4, -0.2) is 39.9 Å². The van der Waals surface area contributed by atoms with Crippen LogP contribution in [0.2, 0.25) is 0 Å². The van der Waals surface area contributed by atoms with Crippen molar-refractivity contribution >= 4 is 22.6 Å². The lowest BCUT2D eigenvalue weighted by Crippen LogP contribution is -2.39. The highest BCUT2D eigenvalue weighted by molar-refractivity contribution is 6.02. The van der Waals surface area contributed by atoms with Crippen LogP contribution >= 0.6 is 0 Å². The average Bonchev–Trinajstić information content (AvgIpc) is 2.76. The van der Waals surface area contributed by atoms with Gasteiger partial charge in [-0.2, -0.15) is 5.10 Å². The minimum absolute atomic E-state index is 0.00391. The van der Waals surface area contributed by atoms with Gasteiger partial charge in [-0.1, -0.05) is 0 Å². The zero-order chi connectivity index (χ0) is 15.2. The van der Waals surface area contributed by atoms with Gasteiger partial charge in [0.2, 0.25) is 0 Å². The third-order valence-corrected chi connectivity index (χ3v) is 3.90. The van der Waals surface area contributed by atoms with Gasteiger partial charge in [0.1, 0.15) is 0 Å². The van der Waals surface area contributed by atoms with Crippen molar-refractivity contribution in [3.63, 3.8) is 0 Å². The van der Waals surface area contributed by atoms with Gasteiger partial charge >= 0.3 is 5.97 Å². The van der Waals surface area contributed by atoms with Crippen LogP contribution < -0.4 is 4.90 Å². The molecule has 1 aromatic carbocycles. The summed E-state index contributed by atoms with van der Waals surface area (Å²) >= 11 is 0. The minimum Gasteiger partial charge on any atom is -0.476 e. The zero-order valence-electron chi connectivity index (χ0n) is 11.5. The van der Waals surface area contributed by atoms with Crippen LogP contribution in [0.5, 0.6) is 0 Å². The lowest BCUT2D eigenvalue weighted by Gasteiger charge is -2.33. The van der Waals surface area contributed by atoms with Crippen molar-refractivity contribution in [2.45, 2.75) is 18.8 Å². The fraction of sp³-hybridized carbons (Fsp3) is 0.429. The number of aromatic carboxylic acids is 1. The molecule has 0 spiro atoms. The summed E-state index contributed by atoms with van der Waals surface area (Å²) in [7, 11) is 1.67. The van der Waals surface area contributed by atoms with Crippen molar-refractivity contribution in [3.05, 3.63) is 23.9 Å². The van der Waals surface area contributed by atoms with E-state index in [9.17, 15) is 13.6 Å². The second kappa shape index (κ2) is 4.68. The molecule has 5 nitrogen and oxygen atoms in total. The molecule has 0 amide bonds. The maximum absolute atomic E-state index is 13.2. The van der Waals surface area contributed by atoms with Gasteiger partial charge in [0.05, 0.1) is 5.52 Å². The number of halogens is 2. The average molecular weight is 295 g/mol. The summed E-state index contributed by atoms with van der Waals surface area (Å²) in [6, 6.07) is 5.26. The fourth-order valence-electron chi connectivity index (χ4n) is 2.69. The van der Waals surface area contributed by atoms with Crippen molar-refractivity contribution in [3.8, 4) is 0 Å². The maximum Gasteiger partial charge on any atom is 0.357 e. The number of carboxylic acids is 1. The Labute approximate surface area is 119 Å². The number of benzene rings is 1. The predicted octanol–water partition coefficient (Wildman–Crippen LogP) is 2.51.